The maximum Gasteiger partial charge on any atom is 0.344 e. The molecule has 0 bridgehead atoms. The Labute approximate surface area is 139 Å². The summed E-state index contributed by atoms with van der Waals surface area (Å²) < 4.78 is 5.10. The standard InChI is InChI=1S/C19H17NO4/c21-17-10-4-9-16-14(17)12-15(18(22)20-16)19(23)24-11-5-8-13-6-2-1-3-7-13/h1-3,5-8,12H,4,9-11H2,(H,20,22)/b8-5+. The molecule has 24 heavy (non-hydrogen) atoms. The molecule has 0 aliphatic heterocycles. The SMILES string of the molecule is O=C1CCCc2[nH]c(=O)c(C(=O)OC/C=C/c3ccccc3)cc21. The molecular formula is C19H17NO4. The molecule has 0 amide bonds. The minimum atomic E-state index is -0.727. The molecule has 1 aliphatic carbocycles. The summed E-state index contributed by atoms with van der Waals surface area (Å²) in [4.78, 5) is 38.6. The molecule has 1 heterocycles. The van der Waals surface area contributed by atoms with Crippen LogP contribution in [0.25, 0.3) is 6.08 Å². The number of carbonyl (C=O) groups excluding carboxylic acids is 2. The molecule has 0 atom stereocenters. The van der Waals surface area contributed by atoms with Crippen LogP contribution in [0.15, 0.2) is 47.3 Å². The number of carbonyl (C=O) groups is 2. The Morgan fingerprint density at radius 1 is 1.17 bits per heavy atom. The van der Waals surface area contributed by atoms with Crippen LogP contribution in [0.3, 0.4) is 0 Å². The minimum absolute atomic E-state index is 0.0504. The smallest absolute Gasteiger partial charge is 0.344 e. The number of aromatic nitrogens is 1. The van der Waals surface area contributed by atoms with Crippen LogP contribution in [-0.2, 0) is 11.2 Å². The first-order valence-corrected chi connectivity index (χ1v) is 7.83. The number of nitrogens with one attached hydrogen (secondary N) is 1. The van der Waals surface area contributed by atoms with E-state index < -0.39 is 11.5 Å². The lowest BCUT2D eigenvalue weighted by atomic mass is 9.94. The summed E-state index contributed by atoms with van der Waals surface area (Å²) in [6.45, 7) is 0.0538. The molecule has 3 rings (SSSR count). The van der Waals surface area contributed by atoms with Gasteiger partial charge in [-0.3, -0.25) is 9.59 Å². The van der Waals surface area contributed by atoms with E-state index in [1.54, 1.807) is 6.08 Å². The molecule has 0 fully saturated rings. The predicted molar refractivity (Wildman–Crippen MR) is 90.1 cm³/mol. The van der Waals surface area contributed by atoms with Gasteiger partial charge in [0.1, 0.15) is 12.2 Å². The second kappa shape index (κ2) is 7.08. The molecule has 5 nitrogen and oxygen atoms in total. The monoisotopic (exact) mass is 323 g/mol. The number of ketones is 1. The molecule has 122 valence electrons. The van der Waals surface area contributed by atoms with Crippen LogP contribution in [0.2, 0.25) is 0 Å². The summed E-state index contributed by atoms with van der Waals surface area (Å²) in [7, 11) is 0. The first-order chi connectivity index (χ1) is 11.6. The first kappa shape index (κ1) is 15.9. The van der Waals surface area contributed by atoms with Crippen molar-refractivity contribution < 1.29 is 14.3 Å². The molecule has 0 spiro atoms. The Morgan fingerprint density at radius 3 is 2.75 bits per heavy atom. The molecule has 5 heteroatoms. The van der Waals surface area contributed by atoms with Gasteiger partial charge in [-0.1, -0.05) is 36.4 Å². The van der Waals surface area contributed by atoms with Crippen molar-refractivity contribution in [3.8, 4) is 0 Å². The number of ether oxygens (including phenoxy) is 1. The maximum absolute atomic E-state index is 12.1. The summed E-state index contributed by atoms with van der Waals surface area (Å²) in [6, 6.07) is 11.0. The van der Waals surface area contributed by atoms with E-state index in [1.807, 2.05) is 36.4 Å². The third-order valence-corrected chi connectivity index (χ3v) is 3.89. The number of hydrogen-bond donors (Lipinski definition) is 1. The average Bonchev–Trinajstić information content (AvgIpc) is 2.59. The molecule has 0 saturated carbocycles. The largest absolute Gasteiger partial charge is 0.458 e. The molecule has 1 N–H and O–H groups in total. The van der Waals surface area contributed by atoms with Crippen LogP contribution < -0.4 is 5.56 Å². The van der Waals surface area contributed by atoms with Crippen molar-refractivity contribution in [3.05, 3.63) is 75.2 Å². The van der Waals surface area contributed by atoms with Crippen LogP contribution in [0.5, 0.6) is 0 Å². The topological polar surface area (TPSA) is 76.2 Å². The molecule has 0 unspecified atom stereocenters. The Bertz CT molecular complexity index is 849. The van der Waals surface area contributed by atoms with Gasteiger partial charge in [0, 0.05) is 17.7 Å². The van der Waals surface area contributed by atoms with Crippen LogP contribution >= 0.6 is 0 Å². The number of aromatic amines is 1. The third kappa shape index (κ3) is 3.51. The highest BCUT2D eigenvalue weighted by Crippen LogP contribution is 2.19. The lowest BCUT2D eigenvalue weighted by molar-refractivity contribution is 0.0548. The van der Waals surface area contributed by atoms with Gasteiger partial charge < -0.3 is 9.72 Å². The number of H-pyrrole nitrogens is 1. The molecule has 0 radical (unpaired) electrons. The van der Waals surface area contributed by atoms with Gasteiger partial charge in [0.2, 0.25) is 0 Å². The van der Waals surface area contributed by atoms with Crippen molar-refractivity contribution >= 4 is 17.8 Å². The second-order valence-corrected chi connectivity index (χ2v) is 5.59. The highest BCUT2D eigenvalue weighted by Gasteiger charge is 2.22. The van der Waals surface area contributed by atoms with Crippen LogP contribution in [0, 0.1) is 0 Å². The van der Waals surface area contributed by atoms with Gasteiger partial charge in [-0.25, -0.2) is 4.79 Å². The zero-order chi connectivity index (χ0) is 16.9. The van der Waals surface area contributed by atoms with Gasteiger partial charge in [0.05, 0.1) is 0 Å². The van der Waals surface area contributed by atoms with E-state index in [4.69, 9.17) is 4.74 Å². The number of aryl methyl sites for hydroxylation is 1. The Hall–Kier alpha value is -2.95. The van der Waals surface area contributed by atoms with Gasteiger partial charge >= 0.3 is 5.97 Å². The molecule has 2 aromatic rings. The van der Waals surface area contributed by atoms with Gasteiger partial charge in [-0.05, 0) is 30.5 Å². The van der Waals surface area contributed by atoms with Crippen molar-refractivity contribution in [2.24, 2.45) is 0 Å². The fourth-order valence-electron chi connectivity index (χ4n) is 2.68. The van der Waals surface area contributed by atoms with Crippen LogP contribution in [0.4, 0.5) is 0 Å². The Morgan fingerprint density at radius 2 is 1.96 bits per heavy atom. The Kier molecular flexibility index (Phi) is 4.70. The second-order valence-electron chi connectivity index (χ2n) is 5.59. The van der Waals surface area contributed by atoms with Crippen molar-refractivity contribution in [1.29, 1.82) is 0 Å². The van der Waals surface area contributed by atoms with Crippen molar-refractivity contribution in [3.63, 3.8) is 0 Å². The average molecular weight is 323 g/mol. The zero-order valence-electron chi connectivity index (χ0n) is 13.1. The maximum atomic E-state index is 12.1. The van der Waals surface area contributed by atoms with Crippen molar-refractivity contribution in [2.45, 2.75) is 19.3 Å². The zero-order valence-corrected chi connectivity index (χ0v) is 13.1. The fourth-order valence-corrected chi connectivity index (χ4v) is 2.68. The van der Waals surface area contributed by atoms with E-state index in [2.05, 4.69) is 4.98 Å². The van der Waals surface area contributed by atoms with E-state index >= 15 is 0 Å². The number of fused-ring (bicyclic) bond motifs is 1. The highest BCUT2D eigenvalue weighted by molar-refractivity contribution is 6.00. The summed E-state index contributed by atoms with van der Waals surface area (Å²) in [5, 5.41) is 0. The van der Waals surface area contributed by atoms with Crippen LogP contribution in [0.1, 0.15) is 44.8 Å². The van der Waals surface area contributed by atoms with Crippen molar-refractivity contribution in [2.75, 3.05) is 6.61 Å². The fraction of sp³-hybridized carbons (Fsp3) is 0.211. The van der Waals surface area contributed by atoms with E-state index in [-0.39, 0.29) is 18.0 Å². The normalized spacial score (nSPS) is 13.8. The lowest BCUT2D eigenvalue weighted by Gasteiger charge is -2.14. The van der Waals surface area contributed by atoms with Crippen LogP contribution in [-0.4, -0.2) is 23.3 Å². The van der Waals surface area contributed by atoms with E-state index in [1.165, 1.54) is 6.07 Å². The number of pyridine rings is 1. The summed E-state index contributed by atoms with van der Waals surface area (Å²) >= 11 is 0. The first-order valence-electron chi connectivity index (χ1n) is 7.83. The molecule has 1 aromatic carbocycles. The molecule has 1 aromatic heterocycles. The molecule has 0 saturated heterocycles. The predicted octanol–water partition coefficient (Wildman–Crippen LogP) is 2.76. The highest BCUT2D eigenvalue weighted by atomic mass is 16.5. The summed E-state index contributed by atoms with van der Waals surface area (Å²) in [5.74, 6) is -0.777. The molecular weight excluding hydrogens is 306 g/mol. The summed E-state index contributed by atoms with van der Waals surface area (Å²) in [5.41, 5.74) is 1.38. The summed E-state index contributed by atoms with van der Waals surface area (Å²) in [6.07, 6.45) is 5.33. The minimum Gasteiger partial charge on any atom is -0.458 e. The van der Waals surface area contributed by atoms with Gasteiger partial charge in [-0.15, -0.1) is 0 Å². The molecule has 1 aliphatic rings. The van der Waals surface area contributed by atoms with E-state index in [9.17, 15) is 14.4 Å². The van der Waals surface area contributed by atoms with Gasteiger partial charge in [0.15, 0.2) is 5.78 Å². The van der Waals surface area contributed by atoms with Gasteiger partial charge in [0.25, 0.3) is 5.56 Å². The van der Waals surface area contributed by atoms with E-state index in [0.717, 1.165) is 12.0 Å². The van der Waals surface area contributed by atoms with Gasteiger partial charge in [-0.2, -0.15) is 0 Å². The number of Topliss-reactive ketones (excluding diaryl/α,β-unsaturated/α-hetero) is 1. The number of benzene rings is 1. The third-order valence-electron chi connectivity index (χ3n) is 3.89. The lowest BCUT2D eigenvalue weighted by Crippen LogP contribution is -2.25. The number of hydrogen-bond acceptors (Lipinski definition) is 4. The number of esters is 1. The number of rotatable bonds is 4. The van der Waals surface area contributed by atoms with E-state index in [0.29, 0.717) is 24.1 Å². The van der Waals surface area contributed by atoms with Crippen molar-refractivity contribution in [1.82, 2.24) is 4.98 Å². The Balaban J connectivity index is 1.69. The quantitative estimate of drug-likeness (QED) is 0.878.